The first-order valence-corrected chi connectivity index (χ1v) is 16.9. The summed E-state index contributed by atoms with van der Waals surface area (Å²) in [5.74, 6) is 2.99. The highest BCUT2D eigenvalue weighted by molar-refractivity contribution is 7.26. The maximum atomic E-state index is 6.13. The van der Waals surface area contributed by atoms with Crippen LogP contribution in [0.15, 0.2) is 84.9 Å². The number of thiophene rings is 1. The molecule has 2 heterocycles. The zero-order valence-corrected chi connectivity index (χ0v) is 27.1. The number of fused-ring (bicyclic) bond motifs is 3. The highest BCUT2D eigenvalue weighted by Crippen LogP contribution is 2.43. The van der Waals surface area contributed by atoms with Crippen molar-refractivity contribution in [2.24, 2.45) is 0 Å². The minimum atomic E-state index is 0.409. The number of rotatable bonds is 0. The molecule has 0 unspecified atom stereocenters. The molecule has 9 heteroatoms. The van der Waals surface area contributed by atoms with Gasteiger partial charge in [-0.05, 0) is 70.1 Å². The first-order chi connectivity index (χ1) is 23.3. The van der Waals surface area contributed by atoms with E-state index in [4.69, 9.17) is 37.9 Å². The fourth-order valence-corrected chi connectivity index (χ4v) is 6.87. The summed E-state index contributed by atoms with van der Waals surface area (Å²) in [6.07, 6.45) is 0. The molecule has 1 aromatic heterocycles. The molecule has 0 saturated heterocycles. The summed E-state index contributed by atoms with van der Waals surface area (Å²) in [5.41, 5.74) is 0. The molecular weight excluding hydrogens is 616 g/mol. The Hall–Kier alpha value is -4.12. The molecule has 6 aromatic rings. The van der Waals surface area contributed by atoms with Crippen LogP contribution in [0.2, 0.25) is 0 Å². The molecule has 1 aliphatic heterocycles. The van der Waals surface area contributed by atoms with Crippen molar-refractivity contribution in [2.75, 3.05) is 79.3 Å². The van der Waals surface area contributed by atoms with Gasteiger partial charge < -0.3 is 37.9 Å². The lowest BCUT2D eigenvalue weighted by Gasteiger charge is -2.13. The van der Waals surface area contributed by atoms with E-state index in [0.29, 0.717) is 90.8 Å². The van der Waals surface area contributed by atoms with E-state index < -0.39 is 0 Å². The summed E-state index contributed by atoms with van der Waals surface area (Å²) in [7, 11) is 0. The second kappa shape index (κ2) is 15.6. The Morgan fingerprint density at radius 3 is 1.21 bits per heavy atom. The molecule has 8 nitrogen and oxygen atoms in total. The van der Waals surface area contributed by atoms with Crippen LogP contribution in [-0.2, 0) is 18.9 Å². The fourth-order valence-electron chi connectivity index (χ4n) is 5.73. The average molecular weight is 655 g/mol. The Morgan fingerprint density at radius 1 is 0.383 bits per heavy atom. The van der Waals surface area contributed by atoms with Gasteiger partial charge in [0.25, 0.3) is 0 Å². The molecular formula is C38H38O8S. The van der Waals surface area contributed by atoms with E-state index in [2.05, 4.69) is 48.5 Å². The van der Waals surface area contributed by atoms with E-state index in [1.165, 1.54) is 41.7 Å². The van der Waals surface area contributed by atoms with E-state index in [1.807, 2.05) is 47.7 Å². The van der Waals surface area contributed by atoms with E-state index >= 15 is 0 Å². The van der Waals surface area contributed by atoms with Crippen LogP contribution < -0.4 is 18.9 Å². The van der Waals surface area contributed by atoms with Crippen LogP contribution in [0.25, 0.3) is 41.7 Å². The third-order valence-corrected chi connectivity index (χ3v) is 9.06. The van der Waals surface area contributed by atoms with Gasteiger partial charge in [-0.2, -0.15) is 0 Å². The highest BCUT2D eigenvalue weighted by atomic mass is 32.1. The van der Waals surface area contributed by atoms with Gasteiger partial charge >= 0.3 is 0 Å². The number of hydrogen-bond donors (Lipinski definition) is 0. The Labute approximate surface area is 277 Å². The molecule has 0 amide bonds. The molecule has 0 spiro atoms. The number of benzene rings is 5. The summed E-state index contributed by atoms with van der Waals surface area (Å²) in [6.45, 7) is 5.45. The summed E-state index contributed by atoms with van der Waals surface area (Å²) in [6, 6.07) is 29.0. The Morgan fingerprint density at radius 2 is 0.766 bits per heavy atom. The predicted octanol–water partition coefficient (Wildman–Crippen LogP) is 7.66. The van der Waals surface area contributed by atoms with Gasteiger partial charge in [-0.1, -0.05) is 36.4 Å². The molecule has 1 aliphatic rings. The molecule has 0 atom stereocenters. The van der Waals surface area contributed by atoms with Crippen LogP contribution >= 0.6 is 11.3 Å². The monoisotopic (exact) mass is 654 g/mol. The smallest absolute Gasteiger partial charge is 0.161 e. The van der Waals surface area contributed by atoms with Crippen LogP contribution in [0, 0.1) is 0 Å². The van der Waals surface area contributed by atoms with Gasteiger partial charge in [0.2, 0.25) is 0 Å². The molecule has 244 valence electrons. The van der Waals surface area contributed by atoms with Crippen LogP contribution in [0.1, 0.15) is 0 Å². The van der Waals surface area contributed by atoms with Crippen molar-refractivity contribution >= 4 is 53.1 Å². The summed E-state index contributed by atoms with van der Waals surface area (Å²) in [5, 5.41) is 7.18. The van der Waals surface area contributed by atoms with E-state index in [-0.39, 0.29) is 0 Å². The zero-order chi connectivity index (χ0) is 31.7. The topological polar surface area (TPSA) is 73.8 Å². The van der Waals surface area contributed by atoms with Crippen LogP contribution in [0.5, 0.6) is 23.0 Å². The van der Waals surface area contributed by atoms with Gasteiger partial charge in [0.05, 0.1) is 52.9 Å². The molecule has 7 rings (SSSR count). The largest absolute Gasteiger partial charge is 0.491 e. The van der Waals surface area contributed by atoms with Crippen LogP contribution in [0.3, 0.4) is 0 Å². The Bertz CT molecular complexity index is 1800. The van der Waals surface area contributed by atoms with E-state index in [0.717, 1.165) is 11.5 Å². The van der Waals surface area contributed by atoms with Crippen molar-refractivity contribution in [3.05, 3.63) is 84.9 Å². The molecule has 4 bridgehead atoms. The van der Waals surface area contributed by atoms with Gasteiger partial charge in [0, 0.05) is 20.2 Å². The van der Waals surface area contributed by atoms with Crippen molar-refractivity contribution in [1.82, 2.24) is 0 Å². The maximum absolute atomic E-state index is 6.13. The molecule has 0 N–H and O–H groups in total. The maximum Gasteiger partial charge on any atom is 0.161 e. The number of hydrogen-bond acceptors (Lipinski definition) is 9. The lowest BCUT2D eigenvalue weighted by atomic mass is 9.99. The van der Waals surface area contributed by atoms with Gasteiger partial charge in [-0.25, -0.2) is 0 Å². The van der Waals surface area contributed by atoms with E-state index in [9.17, 15) is 0 Å². The summed E-state index contributed by atoms with van der Waals surface area (Å²) in [4.78, 5) is 0. The minimum absolute atomic E-state index is 0.409. The summed E-state index contributed by atoms with van der Waals surface area (Å²) < 4.78 is 49.4. The average Bonchev–Trinajstić information content (AvgIpc) is 3.50. The normalized spacial score (nSPS) is 16.7. The molecule has 0 fully saturated rings. The van der Waals surface area contributed by atoms with Gasteiger partial charge in [0.15, 0.2) is 11.5 Å². The first kappa shape index (κ1) is 31.5. The SMILES string of the molecule is c1ccc2c(c1)OCCOCCOCCOc1ccc3ccc4sc5ccc6ccc(cc6c5c4c3c1)OCCOCCOCCO2. The van der Waals surface area contributed by atoms with Crippen molar-refractivity contribution in [3.8, 4) is 23.0 Å². The number of para-hydroxylation sites is 2. The second-order valence-corrected chi connectivity index (χ2v) is 12.1. The van der Waals surface area contributed by atoms with Crippen molar-refractivity contribution < 1.29 is 37.9 Å². The lowest BCUT2D eigenvalue weighted by molar-refractivity contribution is 0.0248. The van der Waals surface area contributed by atoms with E-state index in [1.54, 1.807) is 0 Å². The van der Waals surface area contributed by atoms with Crippen LogP contribution in [-0.4, -0.2) is 79.3 Å². The highest BCUT2D eigenvalue weighted by Gasteiger charge is 2.14. The molecule has 0 radical (unpaired) electrons. The second-order valence-electron chi connectivity index (χ2n) is 11.0. The standard InChI is InChI=1S/C38H38O8S/c1-2-4-34-33(3-1)45-23-19-41-15-13-39-17-21-43-29-9-5-27-7-11-35-37(31(27)25-29)38-32-26-30(10-6-28(32)8-12-36(38)47-35)44-22-18-40-14-16-42-20-24-46-34/h1-12,25-26H,13-24H2. The number of ether oxygens (including phenoxy) is 8. The molecule has 0 aliphatic carbocycles. The van der Waals surface area contributed by atoms with Crippen molar-refractivity contribution in [3.63, 3.8) is 0 Å². The predicted molar refractivity (Wildman–Crippen MR) is 186 cm³/mol. The van der Waals surface area contributed by atoms with Gasteiger partial charge in [-0.15, -0.1) is 11.3 Å². The third kappa shape index (κ3) is 7.72. The third-order valence-electron chi connectivity index (χ3n) is 7.94. The van der Waals surface area contributed by atoms with Crippen molar-refractivity contribution in [2.45, 2.75) is 0 Å². The Balaban J connectivity index is 1.07. The van der Waals surface area contributed by atoms with Crippen LogP contribution in [0.4, 0.5) is 0 Å². The molecule has 5 aromatic carbocycles. The van der Waals surface area contributed by atoms with Gasteiger partial charge in [-0.3, -0.25) is 0 Å². The Kier molecular flexibility index (Phi) is 10.5. The fraction of sp³-hybridized carbons (Fsp3) is 0.316. The van der Waals surface area contributed by atoms with Crippen molar-refractivity contribution in [1.29, 1.82) is 0 Å². The zero-order valence-electron chi connectivity index (χ0n) is 26.2. The lowest BCUT2D eigenvalue weighted by Crippen LogP contribution is -2.14. The molecule has 47 heavy (non-hydrogen) atoms. The molecule has 0 saturated carbocycles. The van der Waals surface area contributed by atoms with Gasteiger partial charge in [0.1, 0.15) is 37.9 Å². The quantitative estimate of drug-likeness (QED) is 0.165. The minimum Gasteiger partial charge on any atom is -0.491 e. The summed E-state index contributed by atoms with van der Waals surface area (Å²) >= 11 is 1.81. The first-order valence-electron chi connectivity index (χ1n) is 16.1.